The fourth-order valence-electron chi connectivity index (χ4n) is 4.51. The van der Waals surface area contributed by atoms with Gasteiger partial charge in [-0.3, -0.25) is 9.69 Å². The quantitative estimate of drug-likeness (QED) is 0.801. The van der Waals surface area contributed by atoms with E-state index >= 15 is 0 Å². The normalized spacial score (nSPS) is 17.5. The van der Waals surface area contributed by atoms with Crippen LogP contribution >= 0.6 is 0 Å². The highest BCUT2D eigenvalue weighted by Crippen LogP contribution is 2.32. The van der Waals surface area contributed by atoms with Crippen LogP contribution in [0.5, 0.6) is 0 Å². The molecule has 0 spiro atoms. The molecular formula is C24H31N3O. The lowest BCUT2D eigenvalue weighted by Gasteiger charge is -2.29. The Labute approximate surface area is 168 Å². The Morgan fingerprint density at radius 1 is 1.07 bits per heavy atom. The van der Waals surface area contributed by atoms with E-state index in [1.807, 2.05) is 18.2 Å². The number of fused-ring (bicyclic) bond motifs is 1. The van der Waals surface area contributed by atoms with Crippen molar-refractivity contribution in [1.29, 1.82) is 0 Å². The van der Waals surface area contributed by atoms with Crippen molar-refractivity contribution in [3.8, 4) is 0 Å². The number of aryl methyl sites for hydroxylation is 1. The van der Waals surface area contributed by atoms with Crippen molar-refractivity contribution in [2.24, 2.45) is 0 Å². The van der Waals surface area contributed by atoms with Crippen LogP contribution in [-0.2, 0) is 17.6 Å². The molecule has 0 saturated carbocycles. The van der Waals surface area contributed by atoms with Gasteiger partial charge in [-0.15, -0.1) is 0 Å². The second kappa shape index (κ2) is 8.78. The Balaban J connectivity index is 1.40. The molecule has 2 aromatic carbocycles. The number of likely N-dealkylation sites (N-methyl/N-ethyl adjacent to an activating group) is 1. The maximum Gasteiger partial charge on any atom is 0.220 e. The highest BCUT2D eigenvalue weighted by atomic mass is 16.1. The van der Waals surface area contributed by atoms with Gasteiger partial charge in [0.25, 0.3) is 0 Å². The molecule has 1 unspecified atom stereocenters. The summed E-state index contributed by atoms with van der Waals surface area (Å²) in [6, 6.07) is 17.4. The number of carbonyl (C=O) groups excluding carboxylic acids is 1. The summed E-state index contributed by atoms with van der Waals surface area (Å²) in [5, 5.41) is 3.21. The number of anilines is 1. The molecule has 4 heteroatoms. The highest BCUT2D eigenvalue weighted by molar-refractivity contribution is 5.76. The molecule has 2 aromatic rings. The van der Waals surface area contributed by atoms with Crippen LogP contribution in [0.1, 0.15) is 42.0 Å². The van der Waals surface area contributed by atoms with Gasteiger partial charge in [-0.2, -0.15) is 0 Å². The van der Waals surface area contributed by atoms with E-state index < -0.39 is 0 Å². The molecular weight excluding hydrogens is 346 g/mol. The summed E-state index contributed by atoms with van der Waals surface area (Å²) in [7, 11) is 2.16. The molecule has 2 heterocycles. The van der Waals surface area contributed by atoms with Crippen molar-refractivity contribution in [2.75, 3.05) is 38.1 Å². The largest absolute Gasteiger partial charge is 0.374 e. The fourth-order valence-corrected chi connectivity index (χ4v) is 4.51. The molecule has 2 aliphatic heterocycles. The zero-order valence-electron chi connectivity index (χ0n) is 16.9. The minimum Gasteiger partial charge on any atom is -0.374 e. The molecule has 4 rings (SSSR count). The number of amides is 1. The number of nitrogens with zero attached hydrogens (tertiary/aromatic N) is 2. The van der Waals surface area contributed by atoms with Crippen LogP contribution in [0.15, 0.2) is 48.5 Å². The number of benzene rings is 2. The predicted molar refractivity (Wildman–Crippen MR) is 115 cm³/mol. The molecule has 1 saturated heterocycles. The molecule has 1 fully saturated rings. The van der Waals surface area contributed by atoms with Gasteiger partial charge in [0.15, 0.2) is 0 Å². The molecule has 0 radical (unpaired) electrons. The van der Waals surface area contributed by atoms with E-state index in [-0.39, 0.29) is 11.9 Å². The second-order valence-electron chi connectivity index (χ2n) is 8.11. The first kappa shape index (κ1) is 19.0. The molecule has 0 aromatic heterocycles. The number of rotatable bonds is 7. The first-order valence-electron chi connectivity index (χ1n) is 10.6. The van der Waals surface area contributed by atoms with Crippen LogP contribution < -0.4 is 10.2 Å². The lowest BCUT2D eigenvalue weighted by molar-refractivity contribution is -0.121. The summed E-state index contributed by atoms with van der Waals surface area (Å²) < 4.78 is 0. The summed E-state index contributed by atoms with van der Waals surface area (Å²) in [6.07, 6.45) is 4.98. The van der Waals surface area contributed by atoms with Gasteiger partial charge in [-0.25, -0.2) is 0 Å². The molecule has 2 aliphatic rings. The molecule has 0 bridgehead atoms. The Morgan fingerprint density at radius 3 is 2.64 bits per heavy atom. The molecule has 0 aliphatic carbocycles. The van der Waals surface area contributed by atoms with Crippen LogP contribution in [0.4, 0.5) is 5.69 Å². The molecule has 28 heavy (non-hydrogen) atoms. The zero-order valence-corrected chi connectivity index (χ0v) is 16.9. The van der Waals surface area contributed by atoms with Crippen LogP contribution in [0.25, 0.3) is 0 Å². The monoisotopic (exact) mass is 377 g/mol. The Hall–Kier alpha value is -2.33. The van der Waals surface area contributed by atoms with Gasteiger partial charge in [0.05, 0.1) is 6.04 Å². The molecule has 1 amide bonds. The fraction of sp³-hybridized carbons (Fsp3) is 0.458. The number of hydrogen-bond acceptors (Lipinski definition) is 3. The van der Waals surface area contributed by atoms with E-state index in [0.717, 1.165) is 32.5 Å². The number of likely N-dealkylation sites (tertiary alicyclic amines) is 1. The minimum atomic E-state index is 0.147. The van der Waals surface area contributed by atoms with Crippen molar-refractivity contribution in [3.63, 3.8) is 0 Å². The first-order valence-corrected chi connectivity index (χ1v) is 10.6. The summed E-state index contributed by atoms with van der Waals surface area (Å²) in [5.41, 5.74) is 5.37. The number of hydrogen-bond donors (Lipinski definition) is 1. The third-order valence-electron chi connectivity index (χ3n) is 6.17. The van der Waals surface area contributed by atoms with E-state index in [2.05, 4.69) is 52.5 Å². The standard InChI is InChI=1S/C24H31N3O/c1-26-16-13-21-17-20(10-11-22(21)26)23(27-14-5-6-15-27)18-25-24(28)12-9-19-7-3-2-4-8-19/h2-4,7-8,10-11,17,23H,5-6,9,12-16,18H2,1H3,(H,25,28). The van der Waals surface area contributed by atoms with Crippen LogP contribution in [-0.4, -0.2) is 44.0 Å². The lowest BCUT2D eigenvalue weighted by atomic mass is 10.0. The van der Waals surface area contributed by atoms with Crippen molar-refractivity contribution in [1.82, 2.24) is 10.2 Å². The van der Waals surface area contributed by atoms with Crippen molar-refractivity contribution < 1.29 is 4.79 Å². The zero-order chi connectivity index (χ0) is 19.3. The first-order chi connectivity index (χ1) is 13.7. The number of carbonyl (C=O) groups is 1. The van der Waals surface area contributed by atoms with Gasteiger partial charge < -0.3 is 10.2 Å². The second-order valence-corrected chi connectivity index (χ2v) is 8.11. The topological polar surface area (TPSA) is 35.6 Å². The summed E-state index contributed by atoms with van der Waals surface area (Å²) in [4.78, 5) is 17.3. The smallest absolute Gasteiger partial charge is 0.220 e. The third kappa shape index (κ3) is 4.39. The lowest BCUT2D eigenvalue weighted by Crippen LogP contribution is -2.37. The van der Waals surface area contributed by atoms with Crippen molar-refractivity contribution in [2.45, 2.75) is 38.1 Å². The van der Waals surface area contributed by atoms with Crippen LogP contribution in [0.2, 0.25) is 0 Å². The van der Waals surface area contributed by atoms with E-state index in [9.17, 15) is 4.79 Å². The Kier molecular flexibility index (Phi) is 5.96. The van der Waals surface area contributed by atoms with E-state index in [1.54, 1.807) is 0 Å². The van der Waals surface area contributed by atoms with Gasteiger partial charge in [0.1, 0.15) is 0 Å². The molecule has 1 atom stereocenters. The number of nitrogens with one attached hydrogen (secondary N) is 1. The summed E-state index contributed by atoms with van der Waals surface area (Å²) >= 11 is 0. The SMILES string of the molecule is CN1CCc2cc(C(CNC(=O)CCc3ccccc3)N3CCCC3)ccc21. The highest BCUT2D eigenvalue weighted by Gasteiger charge is 2.26. The van der Waals surface area contributed by atoms with E-state index in [1.165, 1.54) is 35.2 Å². The molecule has 1 N–H and O–H groups in total. The Morgan fingerprint density at radius 2 is 1.86 bits per heavy atom. The maximum absolute atomic E-state index is 12.5. The van der Waals surface area contributed by atoms with E-state index in [4.69, 9.17) is 0 Å². The van der Waals surface area contributed by atoms with Gasteiger partial charge in [-0.05, 0) is 61.5 Å². The van der Waals surface area contributed by atoms with Gasteiger partial charge in [0.2, 0.25) is 5.91 Å². The van der Waals surface area contributed by atoms with Crippen LogP contribution in [0, 0.1) is 0 Å². The molecule has 4 nitrogen and oxygen atoms in total. The van der Waals surface area contributed by atoms with Crippen molar-refractivity contribution >= 4 is 11.6 Å². The maximum atomic E-state index is 12.5. The van der Waals surface area contributed by atoms with E-state index in [0.29, 0.717) is 13.0 Å². The van der Waals surface area contributed by atoms with Crippen molar-refractivity contribution in [3.05, 3.63) is 65.2 Å². The van der Waals surface area contributed by atoms with Gasteiger partial charge in [-0.1, -0.05) is 42.5 Å². The summed E-state index contributed by atoms with van der Waals surface area (Å²) in [6.45, 7) is 4.05. The van der Waals surface area contributed by atoms with Crippen LogP contribution in [0.3, 0.4) is 0 Å². The average Bonchev–Trinajstić information content (AvgIpc) is 3.38. The minimum absolute atomic E-state index is 0.147. The third-order valence-corrected chi connectivity index (χ3v) is 6.17. The predicted octanol–water partition coefficient (Wildman–Crippen LogP) is 3.56. The Bertz CT molecular complexity index is 799. The van der Waals surface area contributed by atoms with Gasteiger partial charge >= 0.3 is 0 Å². The average molecular weight is 378 g/mol. The van der Waals surface area contributed by atoms with Gasteiger partial charge in [0, 0.05) is 32.2 Å². The molecule has 148 valence electrons. The summed E-state index contributed by atoms with van der Waals surface area (Å²) in [5.74, 6) is 0.147.